The highest BCUT2D eigenvalue weighted by Gasteiger charge is 2.18. The molecule has 0 aromatic heterocycles. The quantitative estimate of drug-likeness (QED) is 0.872. The predicted octanol–water partition coefficient (Wildman–Crippen LogP) is 2.32. The molecule has 1 aromatic carbocycles. The maximum absolute atomic E-state index is 6.02. The van der Waals surface area contributed by atoms with Gasteiger partial charge >= 0.3 is 0 Å². The van der Waals surface area contributed by atoms with Crippen LogP contribution in [0.2, 0.25) is 0 Å². The van der Waals surface area contributed by atoms with E-state index >= 15 is 0 Å². The van der Waals surface area contributed by atoms with Gasteiger partial charge < -0.3 is 15.4 Å². The molecule has 0 saturated carbocycles. The van der Waals surface area contributed by atoms with E-state index in [4.69, 9.17) is 10.5 Å². The summed E-state index contributed by atoms with van der Waals surface area (Å²) >= 11 is 0. The minimum Gasteiger partial charge on any atom is -0.377 e. The molecule has 0 aliphatic carbocycles. The van der Waals surface area contributed by atoms with Gasteiger partial charge in [-0.25, -0.2) is 0 Å². The van der Waals surface area contributed by atoms with Crippen molar-refractivity contribution in [1.29, 1.82) is 0 Å². The molecule has 2 atom stereocenters. The number of ether oxygens (including phenoxy) is 1. The molecule has 3 nitrogen and oxygen atoms in total. The Bertz CT molecular complexity index is 350. The van der Waals surface area contributed by atoms with Gasteiger partial charge in [-0.05, 0) is 31.0 Å². The zero-order valence-electron chi connectivity index (χ0n) is 10.7. The van der Waals surface area contributed by atoms with Crippen molar-refractivity contribution in [1.82, 2.24) is 0 Å². The van der Waals surface area contributed by atoms with E-state index in [1.54, 1.807) is 0 Å². The molecular formula is C14H22N2O. The molecule has 3 heteroatoms. The Morgan fingerprint density at radius 2 is 2.12 bits per heavy atom. The summed E-state index contributed by atoms with van der Waals surface area (Å²) in [5.41, 5.74) is 8.51. The van der Waals surface area contributed by atoms with Crippen LogP contribution in [0.25, 0.3) is 0 Å². The first kappa shape index (κ1) is 12.4. The van der Waals surface area contributed by atoms with Gasteiger partial charge in [-0.1, -0.05) is 19.1 Å². The molecule has 1 aliphatic rings. The van der Waals surface area contributed by atoms with E-state index in [1.807, 2.05) is 0 Å². The first-order chi connectivity index (χ1) is 8.22. The number of hydrogen-bond acceptors (Lipinski definition) is 3. The lowest BCUT2D eigenvalue weighted by Crippen LogP contribution is -2.43. The summed E-state index contributed by atoms with van der Waals surface area (Å²) < 4.78 is 5.45. The topological polar surface area (TPSA) is 38.5 Å². The van der Waals surface area contributed by atoms with Crippen LogP contribution in [0.3, 0.4) is 0 Å². The van der Waals surface area contributed by atoms with Crippen LogP contribution in [0.4, 0.5) is 5.69 Å². The van der Waals surface area contributed by atoms with Gasteiger partial charge in [0, 0.05) is 24.3 Å². The van der Waals surface area contributed by atoms with Gasteiger partial charge in [0.2, 0.25) is 0 Å². The van der Waals surface area contributed by atoms with Crippen molar-refractivity contribution in [3.63, 3.8) is 0 Å². The third-order valence-electron chi connectivity index (χ3n) is 3.46. The number of nitrogens with two attached hydrogens (primary N) is 1. The van der Waals surface area contributed by atoms with Crippen LogP contribution >= 0.6 is 0 Å². The first-order valence-corrected chi connectivity index (χ1v) is 6.42. The van der Waals surface area contributed by atoms with Crippen LogP contribution in [0, 0.1) is 0 Å². The summed E-state index contributed by atoms with van der Waals surface area (Å²) in [6.45, 7) is 6.92. The zero-order valence-corrected chi connectivity index (χ0v) is 10.7. The summed E-state index contributed by atoms with van der Waals surface area (Å²) in [6, 6.07) is 9.25. The van der Waals surface area contributed by atoms with Crippen LogP contribution in [0.1, 0.15) is 31.9 Å². The SMILES string of the molecule is CC[C@H](N)c1ccc(N2CCOCC2C)cc1. The van der Waals surface area contributed by atoms with Crippen molar-refractivity contribution < 1.29 is 4.74 Å². The van der Waals surface area contributed by atoms with Crippen LogP contribution in [0.15, 0.2) is 24.3 Å². The molecule has 94 valence electrons. The molecule has 2 N–H and O–H groups in total. The maximum atomic E-state index is 6.02. The second-order valence-electron chi connectivity index (χ2n) is 4.72. The van der Waals surface area contributed by atoms with E-state index in [9.17, 15) is 0 Å². The summed E-state index contributed by atoms with van der Waals surface area (Å²) in [5.74, 6) is 0. The molecule has 0 spiro atoms. The summed E-state index contributed by atoms with van der Waals surface area (Å²) in [5, 5.41) is 0. The standard InChI is InChI=1S/C14H22N2O/c1-3-14(15)12-4-6-13(7-5-12)16-8-9-17-10-11(16)2/h4-7,11,14H,3,8-10,15H2,1-2H3/t11?,14-/m0/s1. The van der Waals surface area contributed by atoms with Crippen molar-refractivity contribution in [2.75, 3.05) is 24.7 Å². The zero-order chi connectivity index (χ0) is 12.3. The van der Waals surface area contributed by atoms with Crippen molar-refractivity contribution in [3.05, 3.63) is 29.8 Å². The molecule has 17 heavy (non-hydrogen) atoms. The summed E-state index contributed by atoms with van der Waals surface area (Å²) in [7, 11) is 0. The van der Waals surface area contributed by atoms with Gasteiger partial charge in [0.1, 0.15) is 0 Å². The van der Waals surface area contributed by atoms with Crippen LogP contribution in [-0.2, 0) is 4.74 Å². The Hall–Kier alpha value is -1.06. The number of morpholine rings is 1. The number of hydrogen-bond donors (Lipinski definition) is 1. The first-order valence-electron chi connectivity index (χ1n) is 6.42. The van der Waals surface area contributed by atoms with Gasteiger partial charge in [-0.15, -0.1) is 0 Å². The number of rotatable bonds is 3. The molecule has 0 radical (unpaired) electrons. The predicted molar refractivity (Wildman–Crippen MR) is 71.3 cm³/mol. The number of benzene rings is 1. The summed E-state index contributed by atoms with van der Waals surface area (Å²) in [6.07, 6.45) is 0.979. The molecule has 2 rings (SSSR count). The monoisotopic (exact) mass is 234 g/mol. The van der Waals surface area contributed by atoms with Gasteiger partial charge in [0.25, 0.3) is 0 Å². The number of anilines is 1. The highest BCUT2D eigenvalue weighted by molar-refractivity contribution is 5.49. The third-order valence-corrected chi connectivity index (χ3v) is 3.46. The van der Waals surface area contributed by atoms with Gasteiger partial charge in [0.05, 0.1) is 13.2 Å². The van der Waals surface area contributed by atoms with E-state index < -0.39 is 0 Å². The highest BCUT2D eigenvalue weighted by atomic mass is 16.5. The minimum atomic E-state index is 0.158. The average Bonchev–Trinajstić information content (AvgIpc) is 2.39. The maximum Gasteiger partial charge on any atom is 0.0668 e. The normalized spacial score (nSPS) is 22.5. The van der Waals surface area contributed by atoms with Crippen molar-refractivity contribution in [2.45, 2.75) is 32.4 Å². The Morgan fingerprint density at radius 3 is 2.71 bits per heavy atom. The van der Waals surface area contributed by atoms with Crippen molar-refractivity contribution in [2.24, 2.45) is 5.73 Å². The molecule has 1 aromatic rings. The van der Waals surface area contributed by atoms with E-state index in [0.717, 1.165) is 26.2 Å². The highest BCUT2D eigenvalue weighted by Crippen LogP contribution is 2.22. The molecule has 0 amide bonds. The Morgan fingerprint density at radius 1 is 1.41 bits per heavy atom. The van der Waals surface area contributed by atoms with Gasteiger partial charge in [-0.2, -0.15) is 0 Å². The fourth-order valence-corrected chi connectivity index (χ4v) is 2.26. The Labute approximate surface area is 104 Å². The molecule has 1 heterocycles. The Kier molecular flexibility index (Phi) is 4.02. The summed E-state index contributed by atoms with van der Waals surface area (Å²) in [4.78, 5) is 2.39. The van der Waals surface area contributed by atoms with Gasteiger partial charge in [0.15, 0.2) is 0 Å². The lowest BCUT2D eigenvalue weighted by atomic mass is 10.0. The fourth-order valence-electron chi connectivity index (χ4n) is 2.26. The average molecular weight is 234 g/mol. The van der Waals surface area contributed by atoms with Gasteiger partial charge in [-0.3, -0.25) is 0 Å². The molecule has 1 unspecified atom stereocenters. The van der Waals surface area contributed by atoms with Crippen LogP contribution < -0.4 is 10.6 Å². The molecule has 1 fully saturated rings. The molecule has 1 saturated heterocycles. The Balaban J connectivity index is 2.11. The van der Waals surface area contributed by atoms with E-state index in [-0.39, 0.29) is 6.04 Å². The number of nitrogens with zero attached hydrogens (tertiary/aromatic N) is 1. The fraction of sp³-hybridized carbons (Fsp3) is 0.571. The van der Waals surface area contributed by atoms with Crippen LogP contribution in [-0.4, -0.2) is 25.8 Å². The van der Waals surface area contributed by atoms with E-state index in [1.165, 1.54) is 11.3 Å². The second-order valence-corrected chi connectivity index (χ2v) is 4.72. The lowest BCUT2D eigenvalue weighted by molar-refractivity contribution is 0.0989. The minimum absolute atomic E-state index is 0.158. The lowest BCUT2D eigenvalue weighted by Gasteiger charge is -2.35. The molecular weight excluding hydrogens is 212 g/mol. The molecule has 0 bridgehead atoms. The van der Waals surface area contributed by atoms with Crippen molar-refractivity contribution >= 4 is 5.69 Å². The molecule has 1 aliphatic heterocycles. The van der Waals surface area contributed by atoms with E-state index in [0.29, 0.717) is 6.04 Å². The third kappa shape index (κ3) is 2.79. The second kappa shape index (κ2) is 5.52. The smallest absolute Gasteiger partial charge is 0.0668 e. The van der Waals surface area contributed by atoms with Crippen LogP contribution in [0.5, 0.6) is 0 Å². The van der Waals surface area contributed by atoms with Crippen molar-refractivity contribution in [3.8, 4) is 0 Å². The largest absolute Gasteiger partial charge is 0.377 e. The van der Waals surface area contributed by atoms with E-state index in [2.05, 4.69) is 43.0 Å².